The smallest absolute Gasteiger partial charge is 0.251 e. The summed E-state index contributed by atoms with van der Waals surface area (Å²) in [6, 6.07) is 16.9. The van der Waals surface area contributed by atoms with Crippen molar-refractivity contribution in [2.75, 3.05) is 7.05 Å². The van der Waals surface area contributed by atoms with Crippen molar-refractivity contribution in [3.63, 3.8) is 0 Å². The minimum Gasteiger partial charge on any atom is -0.355 e. The van der Waals surface area contributed by atoms with Crippen molar-refractivity contribution >= 4 is 16.9 Å². The molecule has 0 fully saturated rings. The van der Waals surface area contributed by atoms with Crippen LogP contribution in [0.2, 0.25) is 0 Å². The predicted octanol–water partition coefficient (Wildman–Crippen LogP) is 4.60. The first-order valence-corrected chi connectivity index (χ1v) is 8.61. The van der Waals surface area contributed by atoms with Crippen molar-refractivity contribution in [3.8, 4) is 22.5 Å². The Morgan fingerprint density at radius 1 is 0.750 bits per heavy atom. The SMILES string of the molecule is CNC(=O)c1ccc2nc(-c3ccc(F)cc3)c(-c3ccc(F)cc3)nc2c1. The predicted molar refractivity (Wildman–Crippen MR) is 104 cm³/mol. The summed E-state index contributed by atoms with van der Waals surface area (Å²) < 4.78 is 26.7. The van der Waals surface area contributed by atoms with E-state index < -0.39 is 0 Å². The van der Waals surface area contributed by atoms with E-state index >= 15 is 0 Å². The fourth-order valence-corrected chi connectivity index (χ4v) is 2.96. The Morgan fingerprint density at radius 2 is 1.25 bits per heavy atom. The molecule has 0 radical (unpaired) electrons. The highest BCUT2D eigenvalue weighted by atomic mass is 19.1. The number of hydrogen-bond acceptors (Lipinski definition) is 3. The zero-order valence-electron chi connectivity index (χ0n) is 14.9. The second kappa shape index (κ2) is 7.15. The van der Waals surface area contributed by atoms with Gasteiger partial charge in [-0.25, -0.2) is 18.7 Å². The molecule has 0 aliphatic heterocycles. The molecule has 4 rings (SSSR count). The lowest BCUT2D eigenvalue weighted by atomic mass is 10.0. The van der Waals surface area contributed by atoms with Crippen LogP contribution in [-0.4, -0.2) is 22.9 Å². The number of rotatable bonds is 3. The molecule has 6 heteroatoms. The largest absolute Gasteiger partial charge is 0.355 e. The van der Waals surface area contributed by atoms with Crippen molar-refractivity contribution < 1.29 is 13.6 Å². The molecule has 0 spiro atoms. The van der Waals surface area contributed by atoms with E-state index in [0.717, 1.165) is 0 Å². The average molecular weight is 375 g/mol. The Kier molecular flexibility index (Phi) is 4.53. The summed E-state index contributed by atoms with van der Waals surface area (Å²) in [5.41, 5.74) is 4.01. The van der Waals surface area contributed by atoms with Gasteiger partial charge in [0.25, 0.3) is 5.91 Å². The van der Waals surface area contributed by atoms with E-state index in [1.807, 2.05) is 0 Å². The van der Waals surface area contributed by atoms with E-state index in [1.54, 1.807) is 49.5 Å². The molecule has 3 aromatic carbocycles. The number of nitrogens with zero attached hydrogens (tertiary/aromatic N) is 2. The first-order valence-electron chi connectivity index (χ1n) is 8.61. The van der Waals surface area contributed by atoms with Crippen LogP contribution in [0.4, 0.5) is 8.78 Å². The minimum atomic E-state index is -0.359. The lowest BCUT2D eigenvalue weighted by Crippen LogP contribution is -2.17. The molecule has 138 valence electrons. The van der Waals surface area contributed by atoms with Crippen LogP contribution in [0.15, 0.2) is 66.7 Å². The highest BCUT2D eigenvalue weighted by molar-refractivity contribution is 5.98. The molecule has 0 bridgehead atoms. The van der Waals surface area contributed by atoms with Gasteiger partial charge in [0.1, 0.15) is 11.6 Å². The van der Waals surface area contributed by atoms with Crippen molar-refractivity contribution in [1.29, 1.82) is 0 Å². The van der Waals surface area contributed by atoms with Crippen molar-refractivity contribution in [2.45, 2.75) is 0 Å². The lowest BCUT2D eigenvalue weighted by Gasteiger charge is -2.11. The van der Waals surface area contributed by atoms with Gasteiger partial charge in [-0.3, -0.25) is 4.79 Å². The number of nitrogens with one attached hydrogen (secondary N) is 1. The van der Waals surface area contributed by atoms with Crippen LogP contribution in [0.1, 0.15) is 10.4 Å². The van der Waals surface area contributed by atoms with Gasteiger partial charge in [-0.15, -0.1) is 0 Å². The first-order chi connectivity index (χ1) is 13.5. The van der Waals surface area contributed by atoms with Gasteiger partial charge >= 0.3 is 0 Å². The van der Waals surface area contributed by atoms with Crippen LogP contribution in [-0.2, 0) is 0 Å². The number of hydrogen-bond donors (Lipinski definition) is 1. The van der Waals surface area contributed by atoms with E-state index in [0.29, 0.717) is 39.1 Å². The molecule has 1 heterocycles. The molecule has 0 saturated heterocycles. The number of benzene rings is 3. The van der Waals surface area contributed by atoms with Gasteiger partial charge in [-0.2, -0.15) is 0 Å². The van der Waals surface area contributed by atoms with Crippen LogP contribution < -0.4 is 5.32 Å². The first kappa shape index (κ1) is 17.7. The van der Waals surface area contributed by atoms with E-state index in [4.69, 9.17) is 4.98 Å². The average Bonchev–Trinajstić information content (AvgIpc) is 2.73. The molecule has 4 nitrogen and oxygen atoms in total. The van der Waals surface area contributed by atoms with E-state index in [1.165, 1.54) is 24.3 Å². The van der Waals surface area contributed by atoms with Gasteiger partial charge in [0.2, 0.25) is 0 Å². The Balaban J connectivity index is 1.97. The summed E-state index contributed by atoms with van der Waals surface area (Å²) in [7, 11) is 1.56. The van der Waals surface area contributed by atoms with Crippen LogP contribution in [0.3, 0.4) is 0 Å². The molecule has 1 aromatic heterocycles. The molecule has 0 aliphatic carbocycles. The van der Waals surface area contributed by atoms with E-state index in [-0.39, 0.29) is 17.5 Å². The van der Waals surface area contributed by atoms with Crippen LogP contribution in [0, 0.1) is 11.6 Å². The highest BCUT2D eigenvalue weighted by Crippen LogP contribution is 2.31. The number of fused-ring (bicyclic) bond motifs is 1. The topological polar surface area (TPSA) is 54.9 Å². The second-order valence-electron chi connectivity index (χ2n) is 6.22. The summed E-state index contributed by atoms with van der Waals surface area (Å²) >= 11 is 0. The van der Waals surface area contributed by atoms with Crippen LogP contribution >= 0.6 is 0 Å². The molecule has 0 unspecified atom stereocenters. The Morgan fingerprint density at radius 3 is 1.75 bits per heavy atom. The third-order valence-corrected chi connectivity index (χ3v) is 4.39. The number of carbonyl (C=O) groups excluding carboxylic acids is 1. The summed E-state index contributed by atoms with van der Waals surface area (Å²) in [4.78, 5) is 21.3. The van der Waals surface area contributed by atoms with Crippen LogP contribution in [0.5, 0.6) is 0 Å². The van der Waals surface area contributed by atoms with Gasteiger partial charge in [-0.05, 0) is 66.7 Å². The van der Waals surface area contributed by atoms with Gasteiger partial charge < -0.3 is 5.32 Å². The van der Waals surface area contributed by atoms with E-state index in [2.05, 4.69) is 10.3 Å². The molecule has 0 aliphatic rings. The number of carbonyl (C=O) groups is 1. The maximum Gasteiger partial charge on any atom is 0.251 e. The normalized spacial score (nSPS) is 10.8. The fraction of sp³-hybridized carbons (Fsp3) is 0.0455. The molecular formula is C22H15F2N3O. The fourth-order valence-electron chi connectivity index (χ4n) is 2.96. The molecule has 4 aromatic rings. The second-order valence-corrected chi connectivity index (χ2v) is 6.22. The third kappa shape index (κ3) is 3.32. The molecule has 1 N–H and O–H groups in total. The monoisotopic (exact) mass is 375 g/mol. The van der Waals surface area contributed by atoms with Gasteiger partial charge in [-0.1, -0.05) is 0 Å². The Bertz CT molecular complexity index is 1170. The van der Waals surface area contributed by atoms with Gasteiger partial charge in [0.15, 0.2) is 0 Å². The molecule has 0 atom stereocenters. The van der Waals surface area contributed by atoms with Crippen molar-refractivity contribution in [2.24, 2.45) is 0 Å². The molecule has 0 saturated carbocycles. The molecule has 28 heavy (non-hydrogen) atoms. The summed E-state index contributed by atoms with van der Waals surface area (Å²) in [6.45, 7) is 0. The quantitative estimate of drug-likeness (QED) is 0.569. The summed E-state index contributed by atoms with van der Waals surface area (Å²) in [5, 5.41) is 2.58. The van der Waals surface area contributed by atoms with Crippen molar-refractivity contribution in [1.82, 2.24) is 15.3 Å². The highest BCUT2D eigenvalue weighted by Gasteiger charge is 2.15. The number of amides is 1. The van der Waals surface area contributed by atoms with E-state index in [9.17, 15) is 13.6 Å². The van der Waals surface area contributed by atoms with Gasteiger partial charge in [0.05, 0.1) is 22.4 Å². The molecule has 1 amide bonds. The zero-order chi connectivity index (χ0) is 19.7. The summed E-state index contributed by atoms with van der Waals surface area (Å²) in [5.74, 6) is -0.937. The zero-order valence-corrected chi connectivity index (χ0v) is 14.9. The van der Waals surface area contributed by atoms with Gasteiger partial charge in [0, 0.05) is 23.7 Å². The standard InChI is InChI=1S/C22H15F2N3O/c1-25-22(28)15-6-11-18-19(12-15)27-21(14-4-9-17(24)10-5-14)20(26-18)13-2-7-16(23)8-3-13/h2-12H,1H3,(H,25,28). The maximum absolute atomic E-state index is 13.4. The number of aromatic nitrogens is 2. The Labute approximate surface area is 159 Å². The number of halogens is 2. The lowest BCUT2D eigenvalue weighted by molar-refractivity contribution is 0.0963. The van der Waals surface area contributed by atoms with Crippen molar-refractivity contribution in [3.05, 3.63) is 83.9 Å². The Hall–Kier alpha value is -3.67. The summed E-state index contributed by atoms with van der Waals surface area (Å²) in [6.07, 6.45) is 0. The minimum absolute atomic E-state index is 0.227. The van der Waals surface area contributed by atoms with Crippen LogP contribution in [0.25, 0.3) is 33.5 Å². The maximum atomic E-state index is 13.4. The third-order valence-electron chi connectivity index (χ3n) is 4.39. The molecular weight excluding hydrogens is 360 g/mol.